The Balaban J connectivity index is 2.39. The quantitative estimate of drug-likeness (QED) is 0.861. The molecule has 0 fully saturated rings. The van der Waals surface area contributed by atoms with Crippen LogP contribution in [0.1, 0.15) is 0 Å². The molecule has 2 aromatic heterocycles. The fourth-order valence-electron chi connectivity index (χ4n) is 1.41. The number of aromatic nitrogens is 3. The molecule has 0 radical (unpaired) electrons. The summed E-state index contributed by atoms with van der Waals surface area (Å²) in [6.07, 6.45) is 1.72. The molecular weight excluding hydrogens is 240 g/mol. The molecule has 0 aliphatic heterocycles. The molecule has 0 saturated heterocycles. The second kappa shape index (κ2) is 5.07. The van der Waals surface area contributed by atoms with Crippen molar-refractivity contribution >= 4 is 16.5 Å². The minimum absolute atomic E-state index is 0.110. The van der Waals surface area contributed by atoms with Gasteiger partial charge in [-0.05, 0) is 12.1 Å². The third kappa shape index (κ3) is 2.51. The van der Waals surface area contributed by atoms with Crippen LogP contribution in [0.25, 0.3) is 10.6 Å². The first-order chi connectivity index (χ1) is 8.22. The second-order valence-electron chi connectivity index (χ2n) is 3.36. The van der Waals surface area contributed by atoms with E-state index >= 15 is 0 Å². The van der Waals surface area contributed by atoms with Crippen LogP contribution >= 0.6 is 11.3 Å². The van der Waals surface area contributed by atoms with Crippen LogP contribution in [0.3, 0.4) is 0 Å². The summed E-state index contributed by atoms with van der Waals surface area (Å²) in [5, 5.41) is 8.46. The Kier molecular flexibility index (Phi) is 3.50. The molecule has 0 bridgehead atoms. The van der Waals surface area contributed by atoms with Crippen LogP contribution in [0.4, 0.5) is 5.13 Å². The summed E-state index contributed by atoms with van der Waals surface area (Å²) in [5.41, 5.74) is 5.90. The van der Waals surface area contributed by atoms with Crippen molar-refractivity contribution < 1.29 is 4.74 Å². The summed E-state index contributed by atoms with van der Waals surface area (Å²) in [7, 11) is 1.60. The van der Waals surface area contributed by atoms with Crippen LogP contribution in [0.15, 0.2) is 23.1 Å². The summed E-state index contributed by atoms with van der Waals surface area (Å²) >= 11 is 1.20. The van der Waals surface area contributed by atoms with Gasteiger partial charge in [-0.3, -0.25) is 4.79 Å². The summed E-state index contributed by atoms with van der Waals surface area (Å²) in [4.78, 5) is 12.1. The van der Waals surface area contributed by atoms with Crippen molar-refractivity contribution in [1.82, 2.24) is 14.8 Å². The Hall–Kier alpha value is -1.73. The number of methoxy groups -OCH3 is 1. The number of ether oxygens (including phenoxy) is 1. The molecule has 0 amide bonds. The highest BCUT2D eigenvalue weighted by Gasteiger charge is 2.10. The third-order valence-electron chi connectivity index (χ3n) is 2.23. The number of anilines is 1. The first kappa shape index (κ1) is 11.7. The first-order valence-electron chi connectivity index (χ1n) is 5.00. The molecule has 2 aromatic rings. The summed E-state index contributed by atoms with van der Waals surface area (Å²) in [6.45, 7) is 0.999. The lowest BCUT2D eigenvalue weighted by atomic mass is 10.3. The molecule has 7 heteroatoms. The van der Waals surface area contributed by atoms with Gasteiger partial charge in [-0.25, -0.2) is 0 Å². The molecule has 0 spiro atoms. The van der Waals surface area contributed by atoms with Crippen molar-refractivity contribution in [1.29, 1.82) is 0 Å². The van der Waals surface area contributed by atoms with Crippen molar-refractivity contribution in [2.45, 2.75) is 6.54 Å². The Morgan fingerprint density at radius 3 is 3.00 bits per heavy atom. The van der Waals surface area contributed by atoms with Gasteiger partial charge in [0, 0.05) is 19.9 Å². The third-order valence-corrected chi connectivity index (χ3v) is 3.01. The average Bonchev–Trinajstić information content (AvgIpc) is 2.74. The van der Waals surface area contributed by atoms with Gasteiger partial charge in [0.2, 0.25) is 5.13 Å². The average molecular weight is 252 g/mol. The normalized spacial score (nSPS) is 10.6. The van der Waals surface area contributed by atoms with Crippen molar-refractivity contribution in [2.75, 3.05) is 19.5 Å². The lowest BCUT2D eigenvalue weighted by Gasteiger charge is -2.05. The minimum Gasteiger partial charge on any atom is -0.383 e. The molecule has 0 aromatic carbocycles. The number of hydrogen-bond donors (Lipinski definition) is 1. The number of nitrogens with zero attached hydrogens (tertiary/aromatic N) is 3. The van der Waals surface area contributed by atoms with E-state index in [1.165, 1.54) is 11.3 Å². The Bertz CT molecular complexity index is 563. The lowest BCUT2D eigenvalue weighted by Crippen LogP contribution is -2.22. The number of hydrogen-bond acceptors (Lipinski definition) is 6. The molecule has 6 nitrogen and oxygen atoms in total. The molecule has 0 aliphatic rings. The van der Waals surface area contributed by atoms with E-state index in [-0.39, 0.29) is 5.56 Å². The maximum atomic E-state index is 12.1. The van der Waals surface area contributed by atoms with Gasteiger partial charge < -0.3 is 15.0 Å². The van der Waals surface area contributed by atoms with Gasteiger partial charge in [0.15, 0.2) is 5.01 Å². The first-order valence-corrected chi connectivity index (χ1v) is 5.82. The molecule has 0 saturated carbocycles. The fraction of sp³-hybridized carbons (Fsp3) is 0.300. The van der Waals surface area contributed by atoms with Crippen molar-refractivity contribution in [3.8, 4) is 10.6 Å². The smallest absolute Gasteiger partial charge is 0.261 e. The molecule has 0 aliphatic carbocycles. The molecular formula is C10H12N4O2S. The fourth-order valence-corrected chi connectivity index (χ4v) is 2.04. The predicted octanol–water partition coefficient (Wildman–Crippen LogP) is 0.595. The van der Waals surface area contributed by atoms with E-state index in [2.05, 4.69) is 10.2 Å². The van der Waals surface area contributed by atoms with Crippen LogP contribution in [0.2, 0.25) is 0 Å². The highest BCUT2D eigenvalue weighted by Crippen LogP contribution is 2.21. The van der Waals surface area contributed by atoms with E-state index in [1.807, 2.05) is 0 Å². The molecule has 17 heavy (non-hydrogen) atoms. The zero-order valence-corrected chi connectivity index (χ0v) is 10.1. The van der Waals surface area contributed by atoms with Crippen LogP contribution < -0.4 is 11.3 Å². The number of rotatable bonds is 4. The van der Waals surface area contributed by atoms with Gasteiger partial charge >= 0.3 is 0 Å². The minimum atomic E-state index is -0.110. The Morgan fingerprint density at radius 1 is 1.53 bits per heavy atom. The number of pyridine rings is 1. The molecule has 2 heterocycles. The SMILES string of the molecule is COCCn1cccc(-c2nnc(N)s2)c1=O. The molecule has 2 rings (SSSR count). The maximum Gasteiger partial charge on any atom is 0.261 e. The Labute approximate surface area is 102 Å². The van der Waals surface area contributed by atoms with Crippen molar-refractivity contribution in [3.63, 3.8) is 0 Å². The van der Waals surface area contributed by atoms with Gasteiger partial charge in [-0.15, -0.1) is 10.2 Å². The van der Waals surface area contributed by atoms with E-state index in [9.17, 15) is 4.79 Å². The highest BCUT2D eigenvalue weighted by atomic mass is 32.1. The zero-order chi connectivity index (χ0) is 12.3. The summed E-state index contributed by atoms with van der Waals surface area (Å²) < 4.78 is 6.53. The zero-order valence-electron chi connectivity index (χ0n) is 9.29. The van der Waals surface area contributed by atoms with Gasteiger partial charge in [-0.2, -0.15) is 0 Å². The largest absolute Gasteiger partial charge is 0.383 e. The number of nitrogen functional groups attached to an aromatic ring is 1. The van der Waals surface area contributed by atoms with Crippen LogP contribution in [0, 0.1) is 0 Å². The predicted molar refractivity (Wildman–Crippen MR) is 65.9 cm³/mol. The van der Waals surface area contributed by atoms with E-state index in [1.54, 1.807) is 30.0 Å². The topological polar surface area (TPSA) is 83.0 Å². The van der Waals surface area contributed by atoms with E-state index in [4.69, 9.17) is 10.5 Å². The highest BCUT2D eigenvalue weighted by molar-refractivity contribution is 7.18. The van der Waals surface area contributed by atoms with Crippen molar-refractivity contribution in [2.24, 2.45) is 0 Å². The van der Waals surface area contributed by atoms with Crippen molar-refractivity contribution in [3.05, 3.63) is 28.7 Å². The molecule has 90 valence electrons. The van der Waals surface area contributed by atoms with Gasteiger partial charge in [0.25, 0.3) is 5.56 Å². The summed E-state index contributed by atoms with van der Waals surface area (Å²) in [6, 6.07) is 3.51. The molecule has 0 unspecified atom stereocenters. The lowest BCUT2D eigenvalue weighted by molar-refractivity contribution is 0.186. The number of nitrogens with two attached hydrogens (primary N) is 1. The van der Waals surface area contributed by atoms with Crippen LogP contribution in [-0.2, 0) is 11.3 Å². The van der Waals surface area contributed by atoms with Gasteiger partial charge in [0.1, 0.15) is 0 Å². The van der Waals surface area contributed by atoms with E-state index in [0.29, 0.717) is 28.9 Å². The Morgan fingerprint density at radius 2 is 2.35 bits per heavy atom. The standard InChI is InChI=1S/C10H12N4O2S/c1-16-6-5-14-4-2-3-7(9(14)15)8-12-13-10(11)17-8/h2-4H,5-6H2,1H3,(H2,11,13). The van der Waals surface area contributed by atoms with Gasteiger partial charge in [0.05, 0.1) is 12.2 Å². The van der Waals surface area contributed by atoms with Gasteiger partial charge in [-0.1, -0.05) is 11.3 Å². The molecule has 2 N–H and O–H groups in total. The summed E-state index contributed by atoms with van der Waals surface area (Å²) in [5.74, 6) is 0. The van der Waals surface area contributed by atoms with E-state index < -0.39 is 0 Å². The second-order valence-corrected chi connectivity index (χ2v) is 4.37. The van der Waals surface area contributed by atoms with Crippen LogP contribution in [0.5, 0.6) is 0 Å². The molecule has 0 atom stereocenters. The monoisotopic (exact) mass is 252 g/mol. The van der Waals surface area contributed by atoms with E-state index in [0.717, 1.165) is 0 Å². The van der Waals surface area contributed by atoms with Crippen LogP contribution in [-0.4, -0.2) is 28.5 Å². The maximum absolute atomic E-state index is 12.1.